The predicted octanol–water partition coefficient (Wildman–Crippen LogP) is 2.46. The van der Waals surface area contributed by atoms with Crippen molar-refractivity contribution in [3.05, 3.63) is 57.4 Å². The van der Waals surface area contributed by atoms with Gasteiger partial charge in [0.1, 0.15) is 0 Å². The predicted molar refractivity (Wildman–Crippen MR) is 97.3 cm³/mol. The molecule has 0 saturated carbocycles. The fraction of sp³-hybridized carbons (Fsp3) is 0.200. The van der Waals surface area contributed by atoms with Crippen molar-refractivity contribution in [1.29, 1.82) is 0 Å². The van der Waals surface area contributed by atoms with E-state index in [2.05, 4.69) is 38.0 Å². The summed E-state index contributed by atoms with van der Waals surface area (Å²) in [6, 6.07) is 9.46. The van der Waals surface area contributed by atoms with Gasteiger partial charge in [-0.15, -0.1) is 5.10 Å². The second-order valence-corrected chi connectivity index (χ2v) is 7.15. The van der Waals surface area contributed by atoms with Crippen LogP contribution in [-0.2, 0) is 7.05 Å². The minimum Gasteiger partial charge on any atom is -0.283 e. The number of benzene rings is 1. The van der Waals surface area contributed by atoms with Crippen LogP contribution in [0.5, 0.6) is 0 Å². The standard InChI is InChI=1S/C15H15BrN6OS/c1-10(16)9-24-15-17-18-19-21(15)13-11(2)20(3)22(14(13)23)12-7-5-4-6-8-12/h4-8H,1,9H2,2-3H3. The number of hydrogen-bond acceptors (Lipinski definition) is 5. The number of nitrogens with zero attached hydrogens (tertiary/aromatic N) is 6. The van der Waals surface area contributed by atoms with Crippen molar-refractivity contribution in [2.24, 2.45) is 7.05 Å². The second kappa shape index (κ2) is 6.78. The third kappa shape index (κ3) is 2.96. The highest BCUT2D eigenvalue weighted by Crippen LogP contribution is 2.22. The van der Waals surface area contributed by atoms with Crippen LogP contribution in [0.2, 0.25) is 0 Å². The molecule has 1 aromatic carbocycles. The van der Waals surface area contributed by atoms with E-state index in [1.807, 2.05) is 44.3 Å². The summed E-state index contributed by atoms with van der Waals surface area (Å²) in [4.78, 5) is 13.0. The van der Waals surface area contributed by atoms with Crippen LogP contribution in [0.15, 0.2) is 51.3 Å². The Kier molecular flexibility index (Phi) is 4.72. The first kappa shape index (κ1) is 16.7. The summed E-state index contributed by atoms with van der Waals surface area (Å²) in [6.07, 6.45) is 0. The Balaban J connectivity index is 2.13. The van der Waals surface area contributed by atoms with E-state index >= 15 is 0 Å². The lowest BCUT2D eigenvalue weighted by Gasteiger charge is -2.07. The minimum absolute atomic E-state index is 0.173. The summed E-state index contributed by atoms with van der Waals surface area (Å²) in [5.74, 6) is 0.610. The van der Waals surface area contributed by atoms with Gasteiger partial charge in [-0.05, 0) is 34.0 Å². The zero-order valence-electron chi connectivity index (χ0n) is 13.2. The van der Waals surface area contributed by atoms with Gasteiger partial charge >= 0.3 is 0 Å². The number of aromatic nitrogens is 6. The van der Waals surface area contributed by atoms with E-state index in [0.717, 1.165) is 15.9 Å². The van der Waals surface area contributed by atoms with E-state index < -0.39 is 0 Å². The van der Waals surface area contributed by atoms with Gasteiger partial charge in [-0.3, -0.25) is 9.48 Å². The van der Waals surface area contributed by atoms with E-state index in [4.69, 9.17) is 0 Å². The number of tetrazole rings is 1. The number of halogens is 1. The minimum atomic E-state index is -0.173. The molecule has 7 nitrogen and oxygen atoms in total. The zero-order valence-corrected chi connectivity index (χ0v) is 15.6. The molecule has 0 atom stereocenters. The molecule has 0 N–H and O–H groups in total. The molecule has 0 saturated heterocycles. The fourth-order valence-corrected chi connectivity index (χ4v) is 3.32. The molecule has 2 aromatic heterocycles. The molecule has 3 rings (SSSR count). The Morgan fingerprint density at radius 3 is 2.71 bits per heavy atom. The van der Waals surface area contributed by atoms with Gasteiger partial charge in [-0.25, -0.2) is 4.68 Å². The Morgan fingerprint density at radius 1 is 1.33 bits per heavy atom. The molecule has 0 fully saturated rings. The Bertz CT molecular complexity index is 943. The van der Waals surface area contributed by atoms with Crippen molar-refractivity contribution >= 4 is 27.7 Å². The number of para-hydroxylation sites is 1. The first-order chi connectivity index (χ1) is 11.5. The summed E-state index contributed by atoms with van der Waals surface area (Å²) in [5, 5.41) is 12.3. The Labute approximate surface area is 151 Å². The molecule has 0 aliphatic heterocycles. The molecule has 0 unspecified atom stereocenters. The van der Waals surface area contributed by atoms with Crippen molar-refractivity contribution in [2.45, 2.75) is 12.1 Å². The van der Waals surface area contributed by atoms with E-state index in [9.17, 15) is 4.79 Å². The topological polar surface area (TPSA) is 70.5 Å². The van der Waals surface area contributed by atoms with Gasteiger partial charge in [0.25, 0.3) is 5.56 Å². The average molecular weight is 407 g/mol. The van der Waals surface area contributed by atoms with Crippen LogP contribution in [0, 0.1) is 6.92 Å². The molecule has 124 valence electrons. The molecule has 24 heavy (non-hydrogen) atoms. The van der Waals surface area contributed by atoms with Crippen LogP contribution >= 0.6 is 27.7 Å². The van der Waals surface area contributed by atoms with Crippen LogP contribution in [0.1, 0.15) is 5.69 Å². The summed E-state index contributed by atoms with van der Waals surface area (Å²) in [6.45, 7) is 5.67. The lowest BCUT2D eigenvalue weighted by atomic mass is 10.3. The zero-order chi connectivity index (χ0) is 17.3. The summed E-state index contributed by atoms with van der Waals surface area (Å²) >= 11 is 4.72. The van der Waals surface area contributed by atoms with E-state index in [-0.39, 0.29) is 5.56 Å². The first-order valence-electron chi connectivity index (χ1n) is 7.09. The highest BCUT2D eigenvalue weighted by molar-refractivity contribution is 9.11. The third-order valence-corrected chi connectivity index (χ3v) is 5.19. The van der Waals surface area contributed by atoms with Gasteiger partial charge in [0.15, 0.2) is 5.69 Å². The lowest BCUT2D eigenvalue weighted by Crippen LogP contribution is -2.22. The maximum absolute atomic E-state index is 13.0. The lowest BCUT2D eigenvalue weighted by molar-refractivity contribution is 0.630. The Morgan fingerprint density at radius 2 is 2.04 bits per heavy atom. The van der Waals surface area contributed by atoms with Crippen LogP contribution in [-0.4, -0.2) is 35.3 Å². The largest absolute Gasteiger partial charge is 0.297 e. The van der Waals surface area contributed by atoms with Gasteiger partial charge in [0, 0.05) is 12.8 Å². The van der Waals surface area contributed by atoms with Crippen LogP contribution in [0.3, 0.4) is 0 Å². The first-order valence-corrected chi connectivity index (χ1v) is 8.87. The van der Waals surface area contributed by atoms with Gasteiger partial charge in [0.2, 0.25) is 5.16 Å². The molecule has 0 bridgehead atoms. The normalized spacial score (nSPS) is 11.0. The highest BCUT2D eigenvalue weighted by atomic mass is 79.9. The van der Waals surface area contributed by atoms with Crippen molar-refractivity contribution in [1.82, 2.24) is 29.6 Å². The number of thioether (sulfide) groups is 1. The molecule has 0 aliphatic rings. The molecule has 2 heterocycles. The van der Waals surface area contributed by atoms with E-state index in [0.29, 0.717) is 16.6 Å². The highest BCUT2D eigenvalue weighted by Gasteiger charge is 2.21. The molecular formula is C15H15BrN6OS. The van der Waals surface area contributed by atoms with E-state index in [1.54, 1.807) is 9.36 Å². The summed E-state index contributed by atoms with van der Waals surface area (Å²) in [7, 11) is 1.84. The fourth-order valence-electron chi connectivity index (χ4n) is 2.35. The van der Waals surface area contributed by atoms with Gasteiger partial charge in [-0.2, -0.15) is 4.68 Å². The SMILES string of the molecule is C=C(Br)CSc1nnnn1-c1c(C)n(C)n(-c2ccccc2)c1=O. The van der Waals surface area contributed by atoms with Crippen LogP contribution < -0.4 is 5.56 Å². The Hall–Kier alpha value is -2.13. The molecule has 0 aliphatic carbocycles. The van der Waals surface area contributed by atoms with Gasteiger partial charge in [-0.1, -0.05) is 52.5 Å². The third-order valence-electron chi connectivity index (χ3n) is 3.53. The maximum Gasteiger partial charge on any atom is 0.297 e. The summed E-state index contributed by atoms with van der Waals surface area (Å²) < 4.78 is 5.71. The van der Waals surface area contributed by atoms with Gasteiger partial charge < -0.3 is 0 Å². The molecule has 3 aromatic rings. The maximum atomic E-state index is 13.0. The molecule has 0 spiro atoms. The smallest absolute Gasteiger partial charge is 0.283 e. The van der Waals surface area contributed by atoms with Crippen molar-refractivity contribution < 1.29 is 0 Å². The number of rotatable bonds is 5. The van der Waals surface area contributed by atoms with Crippen molar-refractivity contribution in [3.8, 4) is 11.4 Å². The van der Waals surface area contributed by atoms with Crippen LogP contribution in [0.25, 0.3) is 11.4 Å². The van der Waals surface area contributed by atoms with Crippen molar-refractivity contribution in [2.75, 3.05) is 5.75 Å². The quantitative estimate of drug-likeness (QED) is 0.608. The summed E-state index contributed by atoms with van der Waals surface area (Å²) in [5.41, 5.74) is 1.83. The molecule has 0 amide bonds. The second-order valence-electron chi connectivity index (χ2n) is 5.09. The van der Waals surface area contributed by atoms with Gasteiger partial charge in [0.05, 0.1) is 11.4 Å². The van der Waals surface area contributed by atoms with Crippen LogP contribution in [0.4, 0.5) is 0 Å². The monoisotopic (exact) mass is 406 g/mol. The molecule has 0 radical (unpaired) electrons. The van der Waals surface area contributed by atoms with E-state index in [1.165, 1.54) is 16.4 Å². The number of hydrogen-bond donors (Lipinski definition) is 0. The average Bonchev–Trinajstić information content (AvgIpc) is 3.10. The molecule has 9 heteroatoms. The van der Waals surface area contributed by atoms with Crippen molar-refractivity contribution in [3.63, 3.8) is 0 Å². The molecular weight excluding hydrogens is 392 g/mol.